The Morgan fingerprint density at radius 3 is 3.00 bits per heavy atom. The van der Waals surface area contributed by atoms with E-state index in [1.807, 2.05) is 0 Å². The van der Waals surface area contributed by atoms with Crippen LogP contribution in [-0.2, 0) is 9.53 Å². The Kier molecular flexibility index (Phi) is 4.04. The highest BCUT2D eigenvalue weighted by atomic mass is 32.1. The zero-order valence-corrected chi connectivity index (χ0v) is 9.02. The number of rotatable bonds is 4. The van der Waals surface area contributed by atoms with Crippen molar-refractivity contribution in [1.82, 2.24) is 4.98 Å². The van der Waals surface area contributed by atoms with Crippen LogP contribution >= 0.6 is 11.3 Å². The van der Waals surface area contributed by atoms with E-state index in [4.69, 9.17) is 4.74 Å². The van der Waals surface area contributed by atoms with Gasteiger partial charge in [0.25, 0.3) is 5.13 Å². The Morgan fingerprint density at radius 1 is 1.73 bits per heavy atom. The first-order valence-electron chi connectivity index (χ1n) is 4.09. The predicted molar refractivity (Wildman–Crippen MR) is 56.5 cm³/mol. The van der Waals surface area contributed by atoms with Crippen LogP contribution < -0.4 is 0 Å². The van der Waals surface area contributed by atoms with Crippen LogP contribution in [0.1, 0.15) is 18.7 Å². The summed E-state index contributed by atoms with van der Waals surface area (Å²) in [7, 11) is 1.48. The highest BCUT2D eigenvalue weighted by molar-refractivity contribution is 7.13. The molecule has 80 valence electrons. The minimum atomic E-state index is -0.543. The monoisotopic (exact) mass is 227 g/mol. The first kappa shape index (κ1) is 11.4. The van der Waals surface area contributed by atoms with Crippen molar-refractivity contribution in [3.63, 3.8) is 0 Å². The molecule has 1 aromatic rings. The molecule has 15 heavy (non-hydrogen) atoms. The molecular formula is C8H9N3O3S. The van der Waals surface area contributed by atoms with E-state index in [0.717, 1.165) is 17.6 Å². The fourth-order valence-corrected chi connectivity index (χ4v) is 1.55. The molecule has 0 aliphatic carbocycles. The third-order valence-corrected chi connectivity index (χ3v) is 2.27. The first-order chi connectivity index (χ1) is 7.17. The molecule has 0 aliphatic heterocycles. The number of carbonyl (C=O) groups excluding carboxylic acids is 1. The summed E-state index contributed by atoms with van der Waals surface area (Å²) in [4.78, 5) is 28.5. The van der Waals surface area contributed by atoms with Gasteiger partial charge < -0.3 is 4.74 Å². The van der Waals surface area contributed by atoms with Gasteiger partial charge >= 0.3 is 5.97 Å². The zero-order valence-electron chi connectivity index (χ0n) is 8.21. The molecule has 0 aromatic carbocycles. The van der Waals surface area contributed by atoms with E-state index >= 15 is 0 Å². The highest BCUT2D eigenvalue weighted by Gasteiger charge is 2.13. The topological polar surface area (TPSA) is 81.0 Å². The predicted octanol–water partition coefficient (Wildman–Crippen LogP) is 1.85. The number of nitroso groups, excluding NO2 is 1. The SMILES string of the molecule is CN=CC(=O)OC(C)c1csc(N=O)n1. The minimum Gasteiger partial charge on any atom is -0.452 e. The van der Waals surface area contributed by atoms with Crippen LogP contribution in [0, 0.1) is 4.91 Å². The number of carbonyl (C=O) groups is 1. The second kappa shape index (κ2) is 5.30. The van der Waals surface area contributed by atoms with Crippen LogP contribution in [0.3, 0.4) is 0 Å². The van der Waals surface area contributed by atoms with Crippen molar-refractivity contribution in [3.05, 3.63) is 16.0 Å². The molecular weight excluding hydrogens is 218 g/mol. The Labute approximate surface area is 90.0 Å². The van der Waals surface area contributed by atoms with Crippen LogP contribution in [0.5, 0.6) is 0 Å². The Bertz CT molecular complexity index is 388. The van der Waals surface area contributed by atoms with Crippen LogP contribution in [0.25, 0.3) is 0 Å². The molecule has 1 unspecified atom stereocenters. The van der Waals surface area contributed by atoms with Crippen molar-refractivity contribution in [3.8, 4) is 0 Å². The number of aromatic nitrogens is 1. The number of esters is 1. The number of nitrogens with zero attached hydrogens (tertiary/aromatic N) is 3. The second-order valence-electron chi connectivity index (χ2n) is 2.61. The van der Waals surface area contributed by atoms with E-state index in [0.29, 0.717) is 5.69 Å². The van der Waals surface area contributed by atoms with Gasteiger partial charge in [-0.1, -0.05) is 11.3 Å². The van der Waals surface area contributed by atoms with Crippen molar-refractivity contribution in [2.45, 2.75) is 13.0 Å². The van der Waals surface area contributed by atoms with E-state index in [9.17, 15) is 9.70 Å². The molecule has 0 fully saturated rings. The highest BCUT2D eigenvalue weighted by Crippen LogP contribution is 2.24. The molecule has 1 heterocycles. The first-order valence-corrected chi connectivity index (χ1v) is 4.97. The van der Waals surface area contributed by atoms with Gasteiger partial charge in [0.15, 0.2) is 0 Å². The van der Waals surface area contributed by atoms with Gasteiger partial charge in [0.2, 0.25) is 0 Å². The van der Waals surface area contributed by atoms with Gasteiger partial charge in [-0.3, -0.25) is 4.99 Å². The molecule has 1 rings (SSSR count). The van der Waals surface area contributed by atoms with Gasteiger partial charge in [-0.15, -0.1) is 4.91 Å². The van der Waals surface area contributed by atoms with Crippen LogP contribution in [0.2, 0.25) is 0 Å². The van der Waals surface area contributed by atoms with Crippen molar-refractivity contribution < 1.29 is 9.53 Å². The molecule has 0 amide bonds. The quantitative estimate of drug-likeness (QED) is 0.446. The summed E-state index contributed by atoms with van der Waals surface area (Å²) in [5, 5.41) is 4.42. The van der Waals surface area contributed by atoms with Gasteiger partial charge in [-0.05, 0) is 6.92 Å². The number of hydrogen-bond acceptors (Lipinski definition) is 7. The Morgan fingerprint density at radius 2 is 2.47 bits per heavy atom. The smallest absolute Gasteiger partial charge is 0.349 e. The molecule has 0 spiro atoms. The van der Waals surface area contributed by atoms with Gasteiger partial charge in [0.1, 0.15) is 12.3 Å². The van der Waals surface area contributed by atoms with E-state index < -0.39 is 12.1 Å². The van der Waals surface area contributed by atoms with Gasteiger partial charge in [-0.25, -0.2) is 9.78 Å². The van der Waals surface area contributed by atoms with E-state index in [2.05, 4.69) is 15.2 Å². The van der Waals surface area contributed by atoms with E-state index in [-0.39, 0.29) is 5.13 Å². The lowest BCUT2D eigenvalue weighted by molar-refractivity contribution is -0.139. The summed E-state index contributed by atoms with van der Waals surface area (Å²) >= 11 is 1.10. The summed E-state index contributed by atoms with van der Waals surface area (Å²) in [6.45, 7) is 1.66. The molecule has 0 bridgehead atoms. The Hall–Kier alpha value is -1.63. The third-order valence-electron chi connectivity index (χ3n) is 1.53. The summed E-state index contributed by atoms with van der Waals surface area (Å²) in [5.74, 6) is -0.543. The fraction of sp³-hybridized carbons (Fsp3) is 0.375. The zero-order chi connectivity index (χ0) is 11.3. The molecule has 1 atom stereocenters. The Balaban J connectivity index is 2.64. The number of thiazole rings is 1. The van der Waals surface area contributed by atoms with E-state index in [1.165, 1.54) is 7.05 Å². The lowest BCUT2D eigenvalue weighted by Gasteiger charge is -2.07. The van der Waals surface area contributed by atoms with Crippen LogP contribution in [0.15, 0.2) is 15.5 Å². The molecule has 0 saturated carbocycles. The molecule has 0 saturated heterocycles. The lowest BCUT2D eigenvalue weighted by atomic mass is 10.3. The molecule has 6 nitrogen and oxygen atoms in total. The van der Waals surface area contributed by atoms with Gasteiger partial charge in [0.05, 0.1) is 5.69 Å². The average molecular weight is 227 g/mol. The minimum absolute atomic E-state index is 0.122. The normalized spacial score (nSPS) is 12.7. The third kappa shape index (κ3) is 3.21. The van der Waals surface area contributed by atoms with Crippen molar-refractivity contribution in [2.24, 2.45) is 10.2 Å². The fourth-order valence-electron chi connectivity index (χ4n) is 0.875. The van der Waals surface area contributed by atoms with Gasteiger partial charge in [0, 0.05) is 17.6 Å². The molecule has 0 aliphatic rings. The summed E-state index contributed by atoms with van der Waals surface area (Å²) in [6, 6.07) is 0. The second-order valence-corrected chi connectivity index (χ2v) is 3.45. The van der Waals surface area contributed by atoms with Crippen LogP contribution in [-0.4, -0.2) is 24.2 Å². The summed E-state index contributed by atoms with van der Waals surface area (Å²) in [5.41, 5.74) is 0.507. The van der Waals surface area contributed by atoms with Crippen molar-refractivity contribution in [1.29, 1.82) is 0 Å². The molecule has 1 aromatic heterocycles. The molecule has 7 heteroatoms. The van der Waals surface area contributed by atoms with Crippen molar-refractivity contribution >= 4 is 28.7 Å². The summed E-state index contributed by atoms with van der Waals surface area (Å²) < 4.78 is 4.95. The standard InChI is InChI=1S/C8H9N3O3S/c1-5(14-7(12)3-9-2)6-4-15-8(10-6)11-13/h3-5H,1-2H3. The lowest BCUT2D eigenvalue weighted by Crippen LogP contribution is -2.09. The maximum absolute atomic E-state index is 11.0. The largest absolute Gasteiger partial charge is 0.452 e. The number of hydrogen-bond donors (Lipinski definition) is 0. The van der Waals surface area contributed by atoms with Gasteiger partial charge in [-0.2, -0.15) is 0 Å². The number of aliphatic imine (C=N–C) groups is 1. The van der Waals surface area contributed by atoms with Crippen molar-refractivity contribution in [2.75, 3.05) is 7.05 Å². The summed E-state index contributed by atoms with van der Waals surface area (Å²) in [6.07, 6.45) is 0.559. The molecule has 0 N–H and O–H groups in total. The molecule has 0 radical (unpaired) electrons. The maximum Gasteiger partial charge on any atom is 0.349 e. The van der Waals surface area contributed by atoms with E-state index in [1.54, 1.807) is 12.3 Å². The van der Waals surface area contributed by atoms with Crippen LogP contribution in [0.4, 0.5) is 5.13 Å². The maximum atomic E-state index is 11.0. The average Bonchev–Trinajstić information content (AvgIpc) is 2.66. The number of ether oxygens (including phenoxy) is 1.